The number of amides is 2. The van der Waals surface area contributed by atoms with Gasteiger partial charge in [-0.25, -0.2) is 4.79 Å². The van der Waals surface area contributed by atoms with E-state index in [1.807, 2.05) is 4.90 Å². The lowest BCUT2D eigenvalue weighted by molar-refractivity contribution is -0.0158. The third-order valence-corrected chi connectivity index (χ3v) is 5.81. The fourth-order valence-corrected chi connectivity index (χ4v) is 4.30. The zero-order valence-corrected chi connectivity index (χ0v) is 14.0. The highest BCUT2D eigenvalue weighted by Crippen LogP contribution is 2.47. The zero-order valence-electron chi connectivity index (χ0n) is 14.0. The topological polar surface area (TPSA) is 67.6 Å². The minimum atomic E-state index is 0.0902. The van der Waals surface area contributed by atoms with Crippen molar-refractivity contribution in [2.45, 2.75) is 83.1 Å². The molecule has 0 aromatic heterocycles. The summed E-state index contributed by atoms with van der Waals surface area (Å²) >= 11 is 0. The van der Waals surface area contributed by atoms with Gasteiger partial charge in [-0.2, -0.15) is 0 Å². The molecule has 1 heterocycles. The number of hydrogen-bond donors (Lipinski definition) is 2. The average Bonchev–Trinajstić information content (AvgIpc) is 2.78. The summed E-state index contributed by atoms with van der Waals surface area (Å²) in [6.07, 6.45) is 8.45. The van der Waals surface area contributed by atoms with Crippen LogP contribution in [0.15, 0.2) is 0 Å². The summed E-state index contributed by atoms with van der Waals surface area (Å²) < 4.78 is 5.87. The molecule has 1 atom stereocenters. The van der Waals surface area contributed by atoms with Gasteiger partial charge in [0.05, 0.1) is 12.2 Å². The minimum absolute atomic E-state index is 0.0902. The molecular weight excluding hydrogens is 278 g/mol. The van der Waals surface area contributed by atoms with Gasteiger partial charge in [0, 0.05) is 30.6 Å². The van der Waals surface area contributed by atoms with Gasteiger partial charge in [0.1, 0.15) is 0 Å². The van der Waals surface area contributed by atoms with E-state index in [0.29, 0.717) is 18.2 Å². The molecule has 5 heteroatoms. The Morgan fingerprint density at radius 1 is 1.27 bits per heavy atom. The summed E-state index contributed by atoms with van der Waals surface area (Å²) in [4.78, 5) is 14.4. The largest absolute Gasteiger partial charge is 0.376 e. The Hall–Kier alpha value is -0.810. The molecule has 3 aliphatic rings. The van der Waals surface area contributed by atoms with E-state index in [0.717, 1.165) is 38.8 Å². The van der Waals surface area contributed by atoms with Gasteiger partial charge in [0.25, 0.3) is 0 Å². The Bertz CT molecular complexity index is 401. The quantitative estimate of drug-likeness (QED) is 0.840. The van der Waals surface area contributed by atoms with Gasteiger partial charge in [0.15, 0.2) is 0 Å². The lowest BCUT2D eigenvalue weighted by Gasteiger charge is -2.41. The maximum atomic E-state index is 12.5. The Kier molecular flexibility index (Phi) is 4.64. The molecule has 3 N–H and O–H groups in total. The number of urea groups is 1. The van der Waals surface area contributed by atoms with Crippen molar-refractivity contribution in [2.24, 2.45) is 11.1 Å². The standard InChI is InChI=1S/C17H31N3O2/c1-12(2)22-14-6-4-13(5-7-14)19-16(21)20-10-15(18)17(11-20)8-3-9-17/h12-15H,3-11,18H2,1-2H3,(H,19,21). The van der Waals surface area contributed by atoms with Crippen LogP contribution in [0.5, 0.6) is 0 Å². The first-order valence-corrected chi connectivity index (χ1v) is 8.95. The number of hydrogen-bond acceptors (Lipinski definition) is 3. The highest BCUT2D eigenvalue weighted by Gasteiger charge is 2.50. The summed E-state index contributed by atoms with van der Waals surface area (Å²) in [6, 6.07) is 0.559. The molecule has 0 bridgehead atoms. The van der Waals surface area contributed by atoms with E-state index in [9.17, 15) is 4.79 Å². The molecule has 1 spiro atoms. The molecule has 1 unspecified atom stereocenters. The van der Waals surface area contributed by atoms with Gasteiger partial charge in [-0.3, -0.25) is 0 Å². The van der Waals surface area contributed by atoms with Crippen LogP contribution in [-0.2, 0) is 4.74 Å². The SMILES string of the molecule is CC(C)OC1CCC(NC(=O)N2CC(N)C3(CCC3)C2)CC1. The minimum Gasteiger partial charge on any atom is -0.376 e. The van der Waals surface area contributed by atoms with Gasteiger partial charge in [0.2, 0.25) is 0 Å². The summed E-state index contributed by atoms with van der Waals surface area (Å²) in [7, 11) is 0. The molecule has 0 radical (unpaired) electrons. The first-order valence-electron chi connectivity index (χ1n) is 8.95. The number of nitrogens with two attached hydrogens (primary N) is 1. The number of carbonyl (C=O) groups is 1. The van der Waals surface area contributed by atoms with Gasteiger partial charge < -0.3 is 20.7 Å². The predicted molar refractivity (Wildman–Crippen MR) is 86.6 cm³/mol. The van der Waals surface area contributed by atoms with Gasteiger partial charge in [-0.15, -0.1) is 0 Å². The zero-order chi connectivity index (χ0) is 15.7. The van der Waals surface area contributed by atoms with E-state index in [1.165, 1.54) is 19.3 Å². The third kappa shape index (κ3) is 3.25. The molecule has 3 rings (SSSR count). The number of carbonyl (C=O) groups excluding carboxylic acids is 1. The van der Waals surface area contributed by atoms with Crippen molar-refractivity contribution in [1.29, 1.82) is 0 Å². The van der Waals surface area contributed by atoms with Crippen LogP contribution in [-0.4, -0.2) is 48.3 Å². The smallest absolute Gasteiger partial charge is 0.317 e. The predicted octanol–water partition coefficient (Wildman–Crippen LogP) is 2.25. The fourth-order valence-electron chi connectivity index (χ4n) is 4.30. The molecule has 3 fully saturated rings. The third-order valence-electron chi connectivity index (χ3n) is 5.81. The van der Waals surface area contributed by atoms with Crippen molar-refractivity contribution in [1.82, 2.24) is 10.2 Å². The van der Waals surface area contributed by atoms with Crippen LogP contribution >= 0.6 is 0 Å². The molecule has 22 heavy (non-hydrogen) atoms. The molecule has 5 nitrogen and oxygen atoms in total. The van der Waals surface area contributed by atoms with E-state index in [-0.39, 0.29) is 17.5 Å². The molecule has 2 aliphatic carbocycles. The maximum absolute atomic E-state index is 12.5. The second-order valence-electron chi connectivity index (χ2n) is 7.81. The van der Waals surface area contributed by atoms with Crippen LogP contribution in [0, 0.1) is 5.41 Å². The molecule has 2 amide bonds. The monoisotopic (exact) mass is 309 g/mol. The second kappa shape index (κ2) is 6.36. The van der Waals surface area contributed by atoms with Crippen molar-refractivity contribution in [3.8, 4) is 0 Å². The average molecular weight is 309 g/mol. The van der Waals surface area contributed by atoms with E-state index >= 15 is 0 Å². The second-order valence-corrected chi connectivity index (χ2v) is 7.81. The number of nitrogens with one attached hydrogen (secondary N) is 1. The van der Waals surface area contributed by atoms with Crippen molar-refractivity contribution in [2.75, 3.05) is 13.1 Å². The highest BCUT2D eigenvalue weighted by molar-refractivity contribution is 5.75. The highest BCUT2D eigenvalue weighted by atomic mass is 16.5. The first-order chi connectivity index (χ1) is 10.5. The van der Waals surface area contributed by atoms with Crippen molar-refractivity contribution in [3.63, 3.8) is 0 Å². The van der Waals surface area contributed by atoms with Crippen molar-refractivity contribution in [3.05, 3.63) is 0 Å². The molecule has 0 aromatic carbocycles. The van der Waals surface area contributed by atoms with Crippen LogP contribution in [0.3, 0.4) is 0 Å². The molecule has 1 saturated heterocycles. The number of ether oxygens (including phenoxy) is 1. The van der Waals surface area contributed by atoms with E-state index < -0.39 is 0 Å². The molecule has 126 valence electrons. The molecular formula is C17H31N3O2. The van der Waals surface area contributed by atoms with Crippen LogP contribution in [0.4, 0.5) is 4.79 Å². The normalized spacial score (nSPS) is 34.0. The summed E-state index contributed by atoms with van der Waals surface area (Å²) in [5.74, 6) is 0. The number of nitrogens with zero attached hydrogens (tertiary/aromatic N) is 1. The molecule has 2 saturated carbocycles. The molecule has 1 aliphatic heterocycles. The van der Waals surface area contributed by atoms with Crippen molar-refractivity contribution >= 4 is 6.03 Å². The van der Waals surface area contributed by atoms with Crippen molar-refractivity contribution < 1.29 is 9.53 Å². The van der Waals surface area contributed by atoms with Gasteiger partial charge in [-0.1, -0.05) is 6.42 Å². The Balaban J connectivity index is 1.43. The summed E-state index contributed by atoms with van der Waals surface area (Å²) in [5.41, 5.74) is 6.50. The number of rotatable bonds is 3. The fraction of sp³-hybridized carbons (Fsp3) is 0.941. The van der Waals surface area contributed by atoms with Crippen LogP contribution in [0.1, 0.15) is 58.8 Å². The van der Waals surface area contributed by atoms with Crippen LogP contribution in [0.2, 0.25) is 0 Å². The Labute approximate surface area is 133 Å². The van der Waals surface area contributed by atoms with Crippen LogP contribution in [0.25, 0.3) is 0 Å². The van der Waals surface area contributed by atoms with E-state index in [1.54, 1.807) is 0 Å². The first kappa shape index (κ1) is 16.1. The lowest BCUT2D eigenvalue weighted by atomic mass is 9.66. The van der Waals surface area contributed by atoms with E-state index in [4.69, 9.17) is 10.5 Å². The Morgan fingerprint density at radius 3 is 2.45 bits per heavy atom. The van der Waals surface area contributed by atoms with Gasteiger partial charge >= 0.3 is 6.03 Å². The summed E-state index contributed by atoms with van der Waals surface area (Å²) in [5, 5.41) is 3.22. The van der Waals surface area contributed by atoms with Gasteiger partial charge in [-0.05, 0) is 52.4 Å². The molecule has 0 aromatic rings. The van der Waals surface area contributed by atoms with E-state index in [2.05, 4.69) is 19.2 Å². The maximum Gasteiger partial charge on any atom is 0.317 e. The summed E-state index contributed by atoms with van der Waals surface area (Å²) in [6.45, 7) is 5.74. The Morgan fingerprint density at radius 2 is 1.95 bits per heavy atom. The lowest BCUT2D eigenvalue weighted by Crippen LogP contribution is -2.47. The number of likely N-dealkylation sites (tertiary alicyclic amines) is 1. The van der Waals surface area contributed by atoms with Crippen LogP contribution < -0.4 is 11.1 Å².